The third-order valence-corrected chi connectivity index (χ3v) is 7.04. The van der Waals surface area contributed by atoms with Gasteiger partial charge >= 0.3 is 12.4 Å². The molecular weight excluding hydrogens is 458 g/mol. The number of hydrogen-bond donors (Lipinski definition) is 2. The summed E-state index contributed by atoms with van der Waals surface area (Å²) >= 11 is 0. The Hall–Kier alpha value is -2.59. The summed E-state index contributed by atoms with van der Waals surface area (Å²) in [5.41, 5.74) is 1.65. The summed E-state index contributed by atoms with van der Waals surface area (Å²) in [4.78, 5) is 18.4. The number of nitrogens with zero attached hydrogens (tertiary/aromatic N) is 3. The van der Waals surface area contributed by atoms with E-state index < -0.39 is 12.2 Å². The second-order valence-corrected chi connectivity index (χ2v) is 9.65. The van der Waals surface area contributed by atoms with E-state index in [2.05, 4.69) is 15.5 Å². The fourth-order valence-corrected chi connectivity index (χ4v) is 5.03. The van der Waals surface area contributed by atoms with E-state index >= 15 is 0 Å². The number of carbonyl (C=O) groups excluding carboxylic acids is 1. The minimum absolute atomic E-state index is 0.101. The molecule has 0 spiro atoms. The average molecular weight is 493 g/mol. The number of aliphatic hydroxyl groups excluding tert-OH is 1. The largest absolute Gasteiger partial charge is 0.494 e. The van der Waals surface area contributed by atoms with Crippen molar-refractivity contribution in [2.75, 3.05) is 37.7 Å². The third-order valence-electron chi connectivity index (χ3n) is 7.04. The molecule has 0 saturated carbocycles. The Labute approximate surface area is 204 Å². The summed E-state index contributed by atoms with van der Waals surface area (Å²) in [6.45, 7) is 4.84. The van der Waals surface area contributed by atoms with Crippen molar-refractivity contribution < 1.29 is 27.9 Å². The number of aliphatic hydroxyl groups is 1. The molecule has 0 unspecified atom stereocenters. The number of ether oxygens (including phenoxy) is 1. The molecular formula is C25H34F2N4O4. The Bertz CT molecular complexity index is 978. The highest BCUT2D eigenvalue weighted by Gasteiger charge is 2.27. The Kier molecular flexibility index (Phi) is 8.67. The van der Waals surface area contributed by atoms with Crippen LogP contribution in [0.3, 0.4) is 0 Å². The number of rotatable bonds is 11. The number of ketones is 1. The molecule has 2 fully saturated rings. The normalized spacial score (nSPS) is 21.1. The zero-order chi connectivity index (χ0) is 24.8. The minimum Gasteiger partial charge on any atom is -0.494 e. The van der Waals surface area contributed by atoms with Crippen LogP contribution in [0.5, 0.6) is 5.75 Å². The molecule has 1 aromatic heterocycles. The van der Waals surface area contributed by atoms with Crippen molar-refractivity contribution >= 4 is 11.8 Å². The SMILES string of the molecule is Cc1cc(OCCCC2CCN(c3nc(C(F)F)no3)CC2)ccc1C(=O)C[C@H]1CN[C@H](CO)C1. The number of anilines is 1. The van der Waals surface area contributed by atoms with Gasteiger partial charge in [-0.3, -0.25) is 4.79 Å². The smallest absolute Gasteiger partial charge is 0.324 e. The van der Waals surface area contributed by atoms with Crippen molar-refractivity contribution in [1.29, 1.82) is 0 Å². The summed E-state index contributed by atoms with van der Waals surface area (Å²) in [6, 6.07) is 5.91. The molecule has 35 heavy (non-hydrogen) atoms. The van der Waals surface area contributed by atoms with E-state index in [4.69, 9.17) is 9.26 Å². The van der Waals surface area contributed by atoms with Gasteiger partial charge in [0.25, 0.3) is 0 Å². The summed E-state index contributed by atoms with van der Waals surface area (Å²) in [7, 11) is 0. The highest BCUT2D eigenvalue weighted by atomic mass is 19.3. The first-order valence-electron chi connectivity index (χ1n) is 12.4. The van der Waals surface area contributed by atoms with Crippen molar-refractivity contribution in [2.45, 2.75) is 57.9 Å². The molecule has 0 radical (unpaired) electrons. The van der Waals surface area contributed by atoms with Crippen LogP contribution in [-0.4, -0.2) is 59.9 Å². The van der Waals surface area contributed by atoms with Crippen molar-refractivity contribution in [2.24, 2.45) is 11.8 Å². The van der Waals surface area contributed by atoms with Crippen LogP contribution in [0.4, 0.5) is 14.8 Å². The molecule has 2 atom stereocenters. The molecule has 3 heterocycles. The van der Waals surface area contributed by atoms with Crippen LogP contribution in [-0.2, 0) is 0 Å². The van der Waals surface area contributed by atoms with Gasteiger partial charge in [0.2, 0.25) is 5.82 Å². The standard InChI is InChI=1S/C25H34F2N4O4/c1-16-11-20(4-5-21(16)22(33)13-18-12-19(15-32)28-14-18)34-10-2-3-17-6-8-31(9-7-17)25-29-24(23(26)27)30-35-25/h4-5,11,17-19,23,28,32H,2-3,6-10,12-15H2,1H3/t18-,19-/m0/s1. The fraction of sp³-hybridized carbons (Fsp3) is 0.640. The highest BCUT2D eigenvalue weighted by Crippen LogP contribution is 2.27. The maximum absolute atomic E-state index is 12.7. The van der Waals surface area contributed by atoms with Crippen LogP contribution in [0.25, 0.3) is 0 Å². The molecule has 192 valence electrons. The molecule has 2 aliphatic heterocycles. The molecule has 0 aliphatic carbocycles. The van der Waals surface area contributed by atoms with Gasteiger partial charge in [-0.15, -0.1) is 0 Å². The molecule has 0 amide bonds. The van der Waals surface area contributed by atoms with Gasteiger partial charge in [-0.05, 0) is 81.2 Å². The van der Waals surface area contributed by atoms with Gasteiger partial charge < -0.3 is 24.6 Å². The first kappa shape index (κ1) is 25.5. The summed E-state index contributed by atoms with van der Waals surface area (Å²) in [5.74, 6) is 1.16. The first-order chi connectivity index (χ1) is 16.9. The van der Waals surface area contributed by atoms with E-state index in [9.17, 15) is 18.7 Å². The second-order valence-electron chi connectivity index (χ2n) is 9.65. The maximum Gasteiger partial charge on any atom is 0.324 e. The van der Waals surface area contributed by atoms with Crippen LogP contribution in [0.15, 0.2) is 22.7 Å². The number of halogens is 2. The summed E-state index contributed by atoms with van der Waals surface area (Å²) in [6.07, 6.45) is 2.43. The zero-order valence-corrected chi connectivity index (χ0v) is 20.1. The van der Waals surface area contributed by atoms with Gasteiger partial charge in [0, 0.05) is 31.1 Å². The Balaban J connectivity index is 1.15. The molecule has 10 heteroatoms. The van der Waals surface area contributed by atoms with Gasteiger partial charge in [-0.25, -0.2) is 8.78 Å². The Morgan fingerprint density at radius 2 is 2.11 bits per heavy atom. The maximum atomic E-state index is 12.7. The van der Waals surface area contributed by atoms with E-state index in [-0.39, 0.29) is 30.4 Å². The van der Waals surface area contributed by atoms with Gasteiger partial charge in [0.1, 0.15) is 5.75 Å². The van der Waals surface area contributed by atoms with E-state index in [1.165, 1.54) is 0 Å². The van der Waals surface area contributed by atoms with Crippen LogP contribution in [0.1, 0.15) is 66.7 Å². The lowest BCUT2D eigenvalue weighted by Crippen LogP contribution is -2.34. The fourth-order valence-electron chi connectivity index (χ4n) is 5.03. The topological polar surface area (TPSA) is 101 Å². The highest BCUT2D eigenvalue weighted by molar-refractivity contribution is 5.97. The van der Waals surface area contributed by atoms with E-state index in [1.54, 1.807) is 0 Å². The molecule has 1 aromatic carbocycles. The quantitative estimate of drug-likeness (QED) is 0.360. The molecule has 0 bridgehead atoms. The first-order valence-corrected chi connectivity index (χ1v) is 12.4. The minimum atomic E-state index is -2.72. The van der Waals surface area contributed by atoms with E-state index in [0.29, 0.717) is 32.0 Å². The lowest BCUT2D eigenvalue weighted by molar-refractivity contribution is 0.0962. The van der Waals surface area contributed by atoms with Crippen molar-refractivity contribution in [1.82, 2.24) is 15.5 Å². The number of benzene rings is 1. The molecule has 2 N–H and O–H groups in total. The van der Waals surface area contributed by atoms with Crippen LogP contribution >= 0.6 is 0 Å². The Morgan fingerprint density at radius 3 is 2.77 bits per heavy atom. The van der Waals surface area contributed by atoms with Crippen LogP contribution < -0.4 is 15.0 Å². The zero-order valence-electron chi connectivity index (χ0n) is 20.1. The number of piperidine rings is 1. The van der Waals surface area contributed by atoms with Crippen molar-refractivity contribution in [3.8, 4) is 5.75 Å². The van der Waals surface area contributed by atoms with Gasteiger partial charge in [-0.1, -0.05) is 5.16 Å². The molecule has 2 saturated heterocycles. The van der Waals surface area contributed by atoms with Gasteiger partial charge in [-0.2, -0.15) is 4.98 Å². The number of nitrogens with one attached hydrogen (secondary N) is 1. The lowest BCUT2D eigenvalue weighted by Gasteiger charge is -2.30. The Morgan fingerprint density at radius 1 is 1.31 bits per heavy atom. The monoisotopic (exact) mass is 492 g/mol. The molecule has 2 aliphatic rings. The van der Waals surface area contributed by atoms with E-state index in [1.807, 2.05) is 30.0 Å². The lowest BCUT2D eigenvalue weighted by atomic mass is 9.92. The van der Waals surface area contributed by atoms with Gasteiger partial charge in [0.05, 0.1) is 13.2 Å². The van der Waals surface area contributed by atoms with Crippen molar-refractivity contribution in [3.63, 3.8) is 0 Å². The number of aryl methyl sites for hydroxylation is 1. The number of carbonyl (C=O) groups is 1. The van der Waals surface area contributed by atoms with Crippen LogP contribution in [0, 0.1) is 18.8 Å². The predicted molar refractivity (Wildman–Crippen MR) is 126 cm³/mol. The van der Waals surface area contributed by atoms with Crippen molar-refractivity contribution in [3.05, 3.63) is 35.2 Å². The summed E-state index contributed by atoms with van der Waals surface area (Å²) in [5, 5.41) is 15.8. The number of Topliss-reactive ketones (excluding diaryl/α,β-unsaturated/α-hetero) is 1. The second kappa shape index (κ2) is 11.9. The summed E-state index contributed by atoms with van der Waals surface area (Å²) < 4.78 is 36.2. The third kappa shape index (κ3) is 6.76. The number of alkyl halides is 2. The molecule has 8 nitrogen and oxygen atoms in total. The van der Waals surface area contributed by atoms with E-state index in [0.717, 1.165) is 55.5 Å². The van der Waals surface area contributed by atoms with Gasteiger partial charge in [0.15, 0.2) is 5.78 Å². The molecule has 2 aromatic rings. The van der Waals surface area contributed by atoms with Crippen LogP contribution in [0.2, 0.25) is 0 Å². The average Bonchev–Trinajstić information content (AvgIpc) is 3.52. The number of aromatic nitrogens is 2. The molecule has 4 rings (SSSR count). The predicted octanol–water partition coefficient (Wildman–Crippen LogP) is 3.93. The number of hydrogen-bond acceptors (Lipinski definition) is 8.